The molecule has 3 rings (SSSR count). The van der Waals surface area contributed by atoms with Crippen molar-refractivity contribution in [2.45, 2.75) is 27.3 Å². The van der Waals surface area contributed by atoms with Gasteiger partial charge in [0.15, 0.2) is 12.5 Å². The minimum absolute atomic E-state index is 0.0103. The smallest absolute Gasteiger partial charge is 0.264 e. The van der Waals surface area contributed by atoms with Gasteiger partial charge in [0.1, 0.15) is 22.5 Å². The van der Waals surface area contributed by atoms with Crippen LogP contribution in [0.5, 0.6) is 17.2 Å². The molecule has 0 aliphatic rings. The topological polar surface area (TPSA) is 93.8 Å². The standard InChI is InChI=1S/C18H16Cl2N2O5.C2H6/c1-3-22-17-13(11(26-2)6-7-21-17)15(24)14(18(22)25)12-9(19)4-5-10(20)16(12)27-8-23;1-2/h4-7,23-24H,3,8H2,1-2H3;1-2H3. The summed E-state index contributed by atoms with van der Waals surface area (Å²) in [5, 5.41) is 20.7. The van der Waals surface area contributed by atoms with E-state index in [0.717, 1.165) is 0 Å². The van der Waals surface area contributed by atoms with Gasteiger partial charge in [-0.25, -0.2) is 4.98 Å². The van der Waals surface area contributed by atoms with Crippen LogP contribution >= 0.6 is 23.2 Å². The third-order valence-electron chi connectivity index (χ3n) is 4.13. The van der Waals surface area contributed by atoms with Crippen LogP contribution in [-0.2, 0) is 6.54 Å². The molecule has 2 heterocycles. The quantitative estimate of drug-likeness (QED) is 0.568. The lowest BCUT2D eigenvalue weighted by Crippen LogP contribution is -2.23. The van der Waals surface area contributed by atoms with Crippen molar-refractivity contribution in [3.05, 3.63) is 44.8 Å². The average molecular weight is 441 g/mol. The number of methoxy groups -OCH3 is 1. The number of ether oxygens (including phenoxy) is 2. The van der Waals surface area contributed by atoms with Crippen LogP contribution in [0, 0.1) is 0 Å². The van der Waals surface area contributed by atoms with Gasteiger partial charge in [-0.1, -0.05) is 37.0 Å². The molecule has 9 heteroatoms. The number of halogens is 2. The van der Waals surface area contributed by atoms with E-state index in [9.17, 15) is 15.0 Å². The summed E-state index contributed by atoms with van der Waals surface area (Å²) in [5.74, 6) is -0.0377. The van der Waals surface area contributed by atoms with E-state index in [2.05, 4.69) is 4.98 Å². The third kappa shape index (κ3) is 3.99. The number of rotatable bonds is 5. The van der Waals surface area contributed by atoms with Crippen LogP contribution in [0.1, 0.15) is 20.8 Å². The Labute approximate surface area is 178 Å². The minimum Gasteiger partial charge on any atom is -0.506 e. The van der Waals surface area contributed by atoms with E-state index in [1.54, 1.807) is 13.0 Å². The fraction of sp³-hybridized carbons (Fsp3) is 0.300. The maximum absolute atomic E-state index is 13.2. The molecule has 0 fully saturated rings. The van der Waals surface area contributed by atoms with Crippen LogP contribution in [-0.4, -0.2) is 33.7 Å². The number of aryl methyl sites for hydroxylation is 1. The highest BCUT2D eigenvalue weighted by molar-refractivity contribution is 6.37. The molecule has 0 radical (unpaired) electrons. The molecule has 0 saturated heterocycles. The number of nitrogens with zero attached hydrogens (tertiary/aromatic N) is 2. The predicted molar refractivity (Wildman–Crippen MR) is 114 cm³/mol. The SMILES string of the molecule is CC.CCn1c(=O)c(-c2c(Cl)ccc(Cl)c2OCO)c(O)c2c(OC)ccnc21. The zero-order chi connectivity index (χ0) is 21.7. The first kappa shape index (κ1) is 22.8. The molecule has 2 aromatic heterocycles. The molecule has 3 aromatic rings. The normalized spacial score (nSPS) is 10.4. The second-order valence-electron chi connectivity index (χ2n) is 5.49. The van der Waals surface area contributed by atoms with Gasteiger partial charge < -0.3 is 19.7 Å². The summed E-state index contributed by atoms with van der Waals surface area (Å²) >= 11 is 12.5. The number of aromatic hydroxyl groups is 1. The highest BCUT2D eigenvalue weighted by Gasteiger charge is 2.26. The van der Waals surface area contributed by atoms with E-state index in [1.165, 1.54) is 30.0 Å². The Morgan fingerprint density at radius 1 is 1.14 bits per heavy atom. The zero-order valence-electron chi connectivity index (χ0n) is 16.5. The molecule has 0 amide bonds. The Morgan fingerprint density at radius 3 is 2.38 bits per heavy atom. The Kier molecular flexibility index (Phi) is 7.73. The largest absolute Gasteiger partial charge is 0.506 e. The van der Waals surface area contributed by atoms with E-state index in [-0.39, 0.29) is 50.2 Å². The number of hydrogen-bond donors (Lipinski definition) is 2. The van der Waals surface area contributed by atoms with Crippen LogP contribution < -0.4 is 15.0 Å². The van der Waals surface area contributed by atoms with Crippen molar-refractivity contribution in [1.82, 2.24) is 9.55 Å². The monoisotopic (exact) mass is 440 g/mol. The molecule has 0 unspecified atom stereocenters. The summed E-state index contributed by atoms with van der Waals surface area (Å²) < 4.78 is 11.9. The Morgan fingerprint density at radius 2 is 1.79 bits per heavy atom. The van der Waals surface area contributed by atoms with E-state index in [1.807, 2.05) is 13.8 Å². The van der Waals surface area contributed by atoms with Gasteiger partial charge in [-0.3, -0.25) is 9.36 Å². The number of pyridine rings is 2. The molecule has 0 aliphatic carbocycles. The number of hydrogen-bond acceptors (Lipinski definition) is 6. The van der Waals surface area contributed by atoms with Gasteiger partial charge in [0.05, 0.1) is 28.3 Å². The molecule has 7 nitrogen and oxygen atoms in total. The van der Waals surface area contributed by atoms with Crippen molar-refractivity contribution in [2.75, 3.05) is 13.9 Å². The van der Waals surface area contributed by atoms with Crippen LogP contribution in [0.3, 0.4) is 0 Å². The number of benzene rings is 1. The van der Waals surface area contributed by atoms with Gasteiger partial charge in [0.25, 0.3) is 5.56 Å². The van der Waals surface area contributed by atoms with Crippen LogP contribution in [0.2, 0.25) is 10.0 Å². The summed E-state index contributed by atoms with van der Waals surface area (Å²) in [4.78, 5) is 17.4. The van der Waals surface area contributed by atoms with Crippen molar-refractivity contribution < 1.29 is 19.7 Å². The van der Waals surface area contributed by atoms with E-state index in [4.69, 9.17) is 32.7 Å². The molecule has 1 aromatic carbocycles. The lowest BCUT2D eigenvalue weighted by molar-refractivity contribution is 0.0991. The van der Waals surface area contributed by atoms with E-state index >= 15 is 0 Å². The van der Waals surface area contributed by atoms with Gasteiger partial charge in [-0.2, -0.15) is 0 Å². The summed E-state index contributed by atoms with van der Waals surface area (Å²) in [5.41, 5.74) is -0.302. The third-order valence-corrected chi connectivity index (χ3v) is 4.75. The van der Waals surface area contributed by atoms with Crippen LogP contribution in [0.15, 0.2) is 29.2 Å². The molecule has 0 bridgehead atoms. The summed E-state index contributed by atoms with van der Waals surface area (Å²) in [7, 11) is 1.45. The summed E-state index contributed by atoms with van der Waals surface area (Å²) in [6.07, 6.45) is 1.48. The van der Waals surface area contributed by atoms with Gasteiger partial charge >= 0.3 is 0 Å². The Hall–Kier alpha value is -2.48. The van der Waals surface area contributed by atoms with E-state index in [0.29, 0.717) is 5.75 Å². The van der Waals surface area contributed by atoms with Gasteiger partial charge in [-0.15, -0.1) is 0 Å². The van der Waals surface area contributed by atoms with E-state index < -0.39 is 12.4 Å². The summed E-state index contributed by atoms with van der Waals surface area (Å²) in [6, 6.07) is 4.52. The lowest BCUT2D eigenvalue weighted by atomic mass is 10.0. The van der Waals surface area contributed by atoms with Crippen molar-refractivity contribution in [2.24, 2.45) is 0 Å². The first-order valence-corrected chi connectivity index (χ1v) is 9.72. The molecule has 0 saturated carbocycles. The maximum Gasteiger partial charge on any atom is 0.264 e. The average Bonchev–Trinajstić information content (AvgIpc) is 2.74. The fourth-order valence-corrected chi connectivity index (χ4v) is 3.43. The van der Waals surface area contributed by atoms with Gasteiger partial charge in [0, 0.05) is 12.7 Å². The van der Waals surface area contributed by atoms with Gasteiger partial charge in [-0.05, 0) is 25.1 Å². The number of aromatic nitrogens is 2. The first-order valence-electron chi connectivity index (χ1n) is 8.96. The molecular weight excluding hydrogens is 419 g/mol. The number of fused-ring (bicyclic) bond motifs is 1. The van der Waals surface area contributed by atoms with Crippen molar-refractivity contribution in [3.63, 3.8) is 0 Å². The highest BCUT2D eigenvalue weighted by Crippen LogP contribution is 2.46. The molecule has 0 atom stereocenters. The van der Waals surface area contributed by atoms with Crippen molar-refractivity contribution >= 4 is 34.2 Å². The lowest BCUT2D eigenvalue weighted by Gasteiger charge is -2.18. The number of aliphatic hydroxyl groups excluding tert-OH is 1. The van der Waals surface area contributed by atoms with Crippen LogP contribution in [0.25, 0.3) is 22.2 Å². The zero-order valence-corrected chi connectivity index (χ0v) is 18.0. The predicted octanol–water partition coefficient (Wildman–Crippen LogP) is 4.46. The Balaban J connectivity index is 0.00000145. The minimum atomic E-state index is -0.686. The van der Waals surface area contributed by atoms with Crippen molar-refractivity contribution in [3.8, 4) is 28.4 Å². The van der Waals surface area contributed by atoms with Gasteiger partial charge in [0.2, 0.25) is 0 Å². The second kappa shape index (κ2) is 9.82. The van der Waals surface area contributed by atoms with Crippen LogP contribution in [0.4, 0.5) is 0 Å². The van der Waals surface area contributed by atoms with Crippen molar-refractivity contribution in [1.29, 1.82) is 0 Å². The molecule has 2 N–H and O–H groups in total. The molecule has 0 spiro atoms. The molecule has 156 valence electrons. The molecule has 29 heavy (non-hydrogen) atoms. The molecule has 0 aliphatic heterocycles. The fourth-order valence-electron chi connectivity index (χ4n) is 2.98. The Bertz CT molecular complexity index is 1080. The first-order chi connectivity index (χ1) is 14.0. The maximum atomic E-state index is 13.2. The second-order valence-corrected chi connectivity index (χ2v) is 6.31. The number of aliphatic hydroxyl groups is 1. The molecular formula is C20H22Cl2N2O5. The summed E-state index contributed by atoms with van der Waals surface area (Å²) in [6.45, 7) is 5.37. The highest BCUT2D eigenvalue weighted by atomic mass is 35.5.